The van der Waals surface area contributed by atoms with E-state index in [0.29, 0.717) is 5.17 Å². The summed E-state index contributed by atoms with van der Waals surface area (Å²) in [6, 6.07) is -0.751. The van der Waals surface area contributed by atoms with Gasteiger partial charge in [0.05, 0.1) is 12.0 Å². The lowest BCUT2D eigenvalue weighted by molar-refractivity contribution is -0.244. The Labute approximate surface area is 112 Å². The van der Waals surface area contributed by atoms with Gasteiger partial charge in [-0.15, -0.1) is 0 Å². The molecule has 9 heteroatoms. The van der Waals surface area contributed by atoms with E-state index in [0.717, 1.165) is 18.7 Å². The van der Waals surface area contributed by atoms with E-state index in [1.165, 1.54) is 0 Å². The fraction of sp³-hybridized carbons (Fsp3) is 0.900. The molecule has 2 rings (SSSR count). The van der Waals surface area contributed by atoms with Crippen molar-refractivity contribution in [2.24, 2.45) is 10.9 Å². The number of rotatable bonds is 1. The van der Waals surface area contributed by atoms with Crippen LogP contribution in [0.5, 0.6) is 0 Å². The number of thioether (sulfide) groups is 1. The lowest BCUT2D eigenvalue weighted by Gasteiger charge is -2.41. The summed E-state index contributed by atoms with van der Waals surface area (Å²) < 4.78 is 43.4. The number of aliphatic imine (C=N–C) groups is 1. The summed E-state index contributed by atoms with van der Waals surface area (Å²) in [5.74, 6) is -1.86. The van der Waals surface area contributed by atoms with Crippen molar-refractivity contribution in [1.29, 1.82) is 0 Å². The van der Waals surface area contributed by atoms with Crippen LogP contribution in [0.1, 0.15) is 6.92 Å². The lowest BCUT2D eigenvalue weighted by Crippen LogP contribution is -2.58. The molecular formula is C10H15F3N2O3S. The van der Waals surface area contributed by atoms with Crippen molar-refractivity contribution in [3.8, 4) is 0 Å². The lowest BCUT2D eigenvalue weighted by atomic mass is 9.90. The first kappa shape index (κ1) is 14.9. The predicted molar refractivity (Wildman–Crippen MR) is 63.8 cm³/mol. The molecule has 1 saturated heterocycles. The monoisotopic (exact) mass is 300 g/mol. The van der Waals surface area contributed by atoms with Gasteiger partial charge in [0.2, 0.25) is 0 Å². The fourth-order valence-corrected chi connectivity index (χ4v) is 3.17. The minimum absolute atomic E-state index is 0.474. The Bertz CT molecular complexity index is 380. The number of aliphatic hydroxyl groups excluding tert-OH is 2. The van der Waals surface area contributed by atoms with E-state index in [1.54, 1.807) is 7.05 Å². The van der Waals surface area contributed by atoms with E-state index in [4.69, 9.17) is 4.74 Å². The number of fused-ring (bicyclic) bond motifs is 1. The van der Waals surface area contributed by atoms with Crippen molar-refractivity contribution >= 4 is 16.9 Å². The fourth-order valence-electron chi connectivity index (χ4n) is 2.11. The Morgan fingerprint density at radius 1 is 1.37 bits per heavy atom. The largest absolute Gasteiger partial charge is 0.394 e. The van der Waals surface area contributed by atoms with Gasteiger partial charge in [-0.05, 0) is 0 Å². The molecule has 0 aliphatic carbocycles. The zero-order valence-electron chi connectivity index (χ0n) is 10.3. The number of ether oxygens (including phenoxy) is 1. The van der Waals surface area contributed by atoms with Crippen LogP contribution in [-0.4, -0.2) is 58.4 Å². The van der Waals surface area contributed by atoms with Gasteiger partial charge in [0.1, 0.15) is 23.7 Å². The molecule has 1 fully saturated rings. The minimum Gasteiger partial charge on any atom is -0.388 e. The Morgan fingerprint density at radius 3 is 2.53 bits per heavy atom. The summed E-state index contributed by atoms with van der Waals surface area (Å²) in [4.78, 5) is 4.07. The SMILES string of the molecule is CNC1=NC2C(OC(C(C)C(F)(F)F)C(O)C2O)S1. The number of hydrogen-bond donors (Lipinski definition) is 3. The van der Waals surface area contributed by atoms with E-state index >= 15 is 0 Å². The van der Waals surface area contributed by atoms with Gasteiger partial charge in [-0.2, -0.15) is 13.2 Å². The van der Waals surface area contributed by atoms with E-state index in [1.807, 2.05) is 0 Å². The topological polar surface area (TPSA) is 74.1 Å². The van der Waals surface area contributed by atoms with E-state index in [2.05, 4.69) is 10.3 Å². The van der Waals surface area contributed by atoms with Gasteiger partial charge in [0, 0.05) is 7.05 Å². The number of hydrogen-bond acceptors (Lipinski definition) is 6. The highest BCUT2D eigenvalue weighted by Crippen LogP contribution is 2.41. The standard InChI is InChI=1S/C10H15F3N2O3S/c1-3(10(11,12)13)7-6(17)5(16)4-8(18-7)19-9(14-2)15-4/h3-8,16-17H,1-2H3,(H,14,15). The molecule has 2 aliphatic heterocycles. The second-order valence-electron chi connectivity index (χ2n) is 4.57. The van der Waals surface area contributed by atoms with E-state index < -0.39 is 41.9 Å². The molecule has 0 saturated carbocycles. The molecule has 110 valence electrons. The van der Waals surface area contributed by atoms with Crippen LogP contribution in [-0.2, 0) is 4.74 Å². The molecule has 2 aliphatic rings. The summed E-state index contributed by atoms with van der Waals surface area (Å²) in [5.41, 5.74) is -0.712. The van der Waals surface area contributed by atoms with Crippen molar-refractivity contribution in [2.45, 2.75) is 42.9 Å². The third kappa shape index (κ3) is 2.69. The summed E-state index contributed by atoms with van der Waals surface area (Å²) >= 11 is 1.11. The maximum absolute atomic E-state index is 12.7. The Balaban J connectivity index is 2.16. The molecule has 5 nitrogen and oxygen atoms in total. The second-order valence-corrected chi connectivity index (χ2v) is 5.66. The molecule has 0 spiro atoms. The molecule has 3 N–H and O–H groups in total. The maximum atomic E-state index is 12.7. The number of alkyl halides is 3. The van der Waals surface area contributed by atoms with Gasteiger partial charge in [0.15, 0.2) is 5.17 Å². The van der Waals surface area contributed by atoms with Crippen LogP contribution in [0.25, 0.3) is 0 Å². The Hall–Kier alpha value is -0.510. The van der Waals surface area contributed by atoms with Crippen molar-refractivity contribution in [3.63, 3.8) is 0 Å². The van der Waals surface area contributed by atoms with Gasteiger partial charge in [0.25, 0.3) is 0 Å². The summed E-state index contributed by atoms with van der Waals surface area (Å²) in [6.07, 6.45) is -8.96. The van der Waals surface area contributed by atoms with Gasteiger partial charge in [-0.1, -0.05) is 18.7 Å². The zero-order valence-corrected chi connectivity index (χ0v) is 11.1. The first-order valence-electron chi connectivity index (χ1n) is 5.76. The van der Waals surface area contributed by atoms with Crippen LogP contribution in [0.15, 0.2) is 4.99 Å². The molecule has 0 aromatic rings. The molecule has 19 heavy (non-hydrogen) atoms. The van der Waals surface area contributed by atoms with Crippen molar-refractivity contribution in [3.05, 3.63) is 0 Å². The number of amidine groups is 1. The van der Waals surface area contributed by atoms with Crippen LogP contribution in [0.2, 0.25) is 0 Å². The average Bonchev–Trinajstić information content (AvgIpc) is 2.75. The number of aliphatic hydroxyl groups is 2. The molecular weight excluding hydrogens is 285 g/mol. The van der Waals surface area contributed by atoms with E-state index in [9.17, 15) is 23.4 Å². The zero-order chi connectivity index (χ0) is 14.4. The quantitative estimate of drug-likeness (QED) is 0.650. The number of nitrogens with one attached hydrogen (secondary N) is 1. The maximum Gasteiger partial charge on any atom is 0.394 e. The van der Waals surface area contributed by atoms with Gasteiger partial charge in [-0.3, -0.25) is 4.99 Å². The van der Waals surface area contributed by atoms with Gasteiger partial charge in [-0.25, -0.2) is 0 Å². The Kier molecular flexibility index (Phi) is 4.01. The van der Waals surface area contributed by atoms with Crippen molar-refractivity contribution < 1.29 is 28.1 Å². The van der Waals surface area contributed by atoms with E-state index in [-0.39, 0.29) is 0 Å². The van der Waals surface area contributed by atoms with Gasteiger partial charge < -0.3 is 20.3 Å². The van der Waals surface area contributed by atoms with Crippen molar-refractivity contribution in [2.75, 3.05) is 7.05 Å². The minimum atomic E-state index is -4.49. The molecule has 2 heterocycles. The van der Waals surface area contributed by atoms with Crippen molar-refractivity contribution in [1.82, 2.24) is 5.32 Å². The third-order valence-corrected chi connectivity index (χ3v) is 4.48. The highest BCUT2D eigenvalue weighted by atomic mass is 32.2. The van der Waals surface area contributed by atoms with Crippen LogP contribution in [0.3, 0.4) is 0 Å². The highest BCUT2D eigenvalue weighted by molar-refractivity contribution is 8.14. The normalized spacial score (nSPS) is 40.6. The van der Waals surface area contributed by atoms with Crippen LogP contribution < -0.4 is 5.32 Å². The first-order chi connectivity index (χ1) is 8.75. The number of nitrogens with zero attached hydrogens (tertiary/aromatic N) is 1. The third-order valence-electron chi connectivity index (χ3n) is 3.32. The summed E-state index contributed by atoms with van der Waals surface area (Å²) in [5, 5.41) is 22.9. The van der Waals surface area contributed by atoms with Crippen LogP contribution in [0.4, 0.5) is 13.2 Å². The Morgan fingerprint density at radius 2 is 2.00 bits per heavy atom. The summed E-state index contributed by atoms with van der Waals surface area (Å²) in [6.45, 7) is 0.931. The van der Waals surface area contributed by atoms with Crippen LogP contribution in [0, 0.1) is 5.92 Å². The van der Waals surface area contributed by atoms with Gasteiger partial charge >= 0.3 is 6.18 Å². The van der Waals surface area contributed by atoms with Crippen LogP contribution >= 0.6 is 11.8 Å². The second kappa shape index (κ2) is 5.12. The first-order valence-corrected chi connectivity index (χ1v) is 6.64. The average molecular weight is 300 g/mol. The number of halogens is 3. The molecule has 0 bridgehead atoms. The molecule has 0 radical (unpaired) electrons. The highest BCUT2D eigenvalue weighted by Gasteiger charge is 2.54. The smallest absolute Gasteiger partial charge is 0.388 e. The molecule has 0 aromatic heterocycles. The molecule has 0 amide bonds. The molecule has 6 atom stereocenters. The molecule has 6 unspecified atom stereocenters. The molecule has 0 aromatic carbocycles. The predicted octanol–water partition coefficient (Wildman–Crippen LogP) is 0.322. The summed E-state index contributed by atoms with van der Waals surface area (Å²) in [7, 11) is 1.61.